The predicted molar refractivity (Wildman–Crippen MR) is 109 cm³/mol. The second-order valence-corrected chi connectivity index (χ2v) is 8.72. The molecule has 1 N–H and O–H groups in total. The number of esters is 1. The molecular weight excluding hydrogens is 372 g/mol. The molecule has 164 valence electrons. The Morgan fingerprint density at radius 2 is 1.97 bits per heavy atom. The summed E-state index contributed by atoms with van der Waals surface area (Å²) in [5.74, 6) is 1.14. The average molecular weight is 409 g/mol. The van der Waals surface area contributed by atoms with Crippen LogP contribution in [0.5, 0.6) is 0 Å². The Morgan fingerprint density at radius 3 is 2.69 bits per heavy atom. The molecule has 1 aliphatic heterocycles. The van der Waals surface area contributed by atoms with Crippen molar-refractivity contribution in [2.24, 2.45) is 23.7 Å². The zero-order valence-electron chi connectivity index (χ0n) is 18.1. The molecule has 8 atom stereocenters. The van der Waals surface area contributed by atoms with Crippen molar-refractivity contribution < 1.29 is 28.8 Å². The van der Waals surface area contributed by atoms with E-state index in [1.807, 2.05) is 0 Å². The Hall–Kier alpha value is -1.21. The number of methoxy groups -OCH3 is 1. The van der Waals surface area contributed by atoms with Crippen molar-refractivity contribution in [2.45, 2.75) is 77.7 Å². The van der Waals surface area contributed by atoms with Crippen LogP contribution in [0.15, 0.2) is 23.8 Å². The Bertz CT molecular complexity index is 614. The summed E-state index contributed by atoms with van der Waals surface area (Å²) in [5, 5.41) is 10.8. The van der Waals surface area contributed by atoms with Gasteiger partial charge in [0.25, 0.3) is 6.48 Å². The Labute approximate surface area is 174 Å². The molecule has 3 rings (SSSR count). The molecule has 3 aliphatic rings. The van der Waals surface area contributed by atoms with Crippen molar-refractivity contribution in [1.82, 2.24) is 0 Å². The fourth-order valence-electron chi connectivity index (χ4n) is 5.09. The lowest BCUT2D eigenvalue weighted by atomic mass is 9.65. The summed E-state index contributed by atoms with van der Waals surface area (Å²) in [6, 6.07) is 0. The highest BCUT2D eigenvalue weighted by Crippen LogP contribution is 2.44. The van der Waals surface area contributed by atoms with E-state index in [9.17, 15) is 9.90 Å². The molecule has 1 fully saturated rings. The largest absolute Gasteiger partial charge is 0.466 e. The molecule has 0 saturated carbocycles. The van der Waals surface area contributed by atoms with Gasteiger partial charge in [-0.15, -0.1) is 0 Å². The lowest BCUT2D eigenvalue weighted by Gasteiger charge is -2.42. The van der Waals surface area contributed by atoms with E-state index in [1.54, 1.807) is 14.0 Å². The van der Waals surface area contributed by atoms with Gasteiger partial charge in [-0.25, -0.2) is 0 Å². The molecule has 0 aromatic rings. The number of aliphatic hydroxyl groups is 1. The zero-order chi connectivity index (χ0) is 21.0. The van der Waals surface area contributed by atoms with Crippen LogP contribution in [0.2, 0.25) is 0 Å². The molecule has 1 saturated heterocycles. The third-order valence-electron chi connectivity index (χ3n) is 6.47. The first-order valence-corrected chi connectivity index (χ1v) is 11.0. The van der Waals surface area contributed by atoms with Crippen LogP contribution in [0.25, 0.3) is 0 Å². The molecule has 6 heteroatoms. The molecule has 1 unspecified atom stereocenters. The first-order valence-electron chi connectivity index (χ1n) is 11.0. The van der Waals surface area contributed by atoms with Gasteiger partial charge < -0.3 is 24.1 Å². The first-order chi connectivity index (χ1) is 13.9. The minimum atomic E-state index is -0.756. The summed E-state index contributed by atoms with van der Waals surface area (Å²) < 4.78 is 21.9. The van der Waals surface area contributed by atoms with E-state index in [0.717, 1.165) is 19.3 Å². The molecule has 29 heavy (non-hydrogen) atoms. The van der Waals surface area contributed by atoms with Gasteiger partial charge in [0.2, 0.25) is 0 Å². The molecule has 2 aliphatic carbocycles. The van der Waals surface area contributed by atoms with Gasteiger partial charge in [0.1, 0.15) is 0 Å². The predicted octanol–water partition coefficient (Wildman–Crippen LogP) is 3.59. The van der Waals surface area contributed by atoms with E-state index in [0.29, 0.717) is 30.8 Å². The van der Waals surface area contributed by atoms with Gasteiger partial charge in [-0.1, -0.05) is 32.1 Å². The van der Waals surface area contributed by atoms with Gasteiger partial charge >= 0.3 is 5.97 Å². The van der Waals surface area contributed by atoms with Crippen LogP contribution >= 0.6 is 0 Å². The number of carbonyl (C=O) groups is 1. The number of allylic oxidation sites excluding steroid dienone is 3. The van der Waals surface area contributed by atoms with E-state index in [1.165, 1.54) is 5.57 Å². The SMILES string of the molecule is CCOC(=O)C[C@H]1C[C@@H](CC[C@@H]2[C@@H]3C(=C[C@H](C)C[C@@H]3O)C=C[C@@H]2C)OC(OC)O1. The molecule has 0 aromatic carbocycles. The number of aliphatic hydroxyl groups excluding tert-OH is 1. The van der Waals surface area contributed by atoms with Crippen LogP contribution in [0.3, 0.4) is 0 Å². The van der Waals surface area contributed by atoms with E-state index in [2.05, 4.69) is 32.1 Å². The summed E-state index contributed by atoms with van der Waals surface area (Å²) >= 11 is 0. The van der Waals surface area contributed by atoms with E-state index in [-0.39, 0.29) is 36.6 Å². The Balaban J connectivity index is 1.62. The quantitative estimate of drug-likeness (QED) is 0.649. The monoisotopic (exact) mass is 408 g/mol. The number of hydrogen-bond donors (Lipinski definition) is 1. The van der Waals surface area contributed by atoms with Crippen LogP contribution in [0.4, 0.5) is 0 Å². The van der Waals surface area contributed by atoms with Crippen LogP contribution in [-0.4, -0.2) is 49.6 Å². The van der Waals surface area contributed by atoms with Crippen molar-refractivity contribution in [3.05, 3.63) is 23.8 Å². The van der Waals surface area contributed by atoms with Gasteiger partial charge in [-0.05, 0) is 49.5 Å². The maximum absolute atomic E-state index is 11.9. The molecular formula is C23H36O6. The van der Waals surface area contributed by atoms with E-state index in [4.69, 9.17) is 18.9 Å². The lowest BCUT2D eigenvalue weighted by molar-refractivity contribution is -0.343. The van der Waals surface area contributed by atoms with Crippen molar-refractivity contribution in [1.29, 1.82) is 0 Å². The van der Waals surface area contributed by atoms with Crippen molar-refractivity contribution >= 4 is 5.97 Å². The van der Waals surface area contributed by atoms with E-state index >= 15 is 0 Å². The summed E-state index contributed by atoms with van der Waals surface area (Å²) in [6.07, 6.45) is 9.66. The van der Waals surface area contributed by atoms with Crippen LogP contribution < -0.4 is 0 Å². The molecule has 0 radical (unpaired) electrons. The maximum atomic E-state index is 11.9. The van der Waals surface area contributed by atoms with Crippen LogP contribution in [0, 0.1) is 23.7 Å². The average Bonchev–Trinajstić information content (AvgIpc) is 2.67. The standard InChI is InChI=1S/C23H36O6/c1-5-27-21(25)13-18-12-17(28-23(26-4)29-18)8-9-19-15(3)6-7-16-10-14(2)11-20(24)22(16)19/h6-7,10,14-15,17-20,22-24H,5,8-9,11-13H2,1-4H3/t14-,15-,17+,18+,19-,20-,22-,23?/m0/s1. The van der Waals surface area contributed by atoms with Gasteiger partial charge in [0.05, 0.1) is 31.3 Å². The molecule has 0 spiro atoms. The first kappa shape index (κ1) is 22.5. The van der Waals surface area contributed by atoms with Crippen molar-refractivity contribution in [3.8, 4) is 0 Å². The second-order valence-electron chi connectivity index (χ2n) is 8.72. The van der Waals surface area contributed by atoms with Crippen LogP contribution in [0.1, 0.15) is 52.9 Å². The van der Waals surface area contributed by atoms with Gasteiger partial charge in [-0.3, -0.25) is 4.79 Å². The summed E-state index contributed by atoms with van der Waals surface area (Å²) in [6.45, 7) is 5.80. The number of rotatable bonds is 7. The normalized spacial score (nSPS) is 39.6. The third kappa shape index (κ3) is 5.69. The number of carbonyl (C=O) groups excluding carboxylic acids is 1. The third-order valence-corrected chi connectivity index (χ3v) is 6.47. The minimum Gasteiger partial charge on any atom is -0.466 e. The lowest BCUT2D eigenvalue weighted by Crippen LogP contribution is -2.42. The number of hydrogen-bond acceptors (Lipinski definition) is 6. The van der Waals surface area contributed by atoms with Gasteiger partial charge in [0.15, 0.2) is 0 Å². The van der Waals surface area contributed by atoms with Crippen molar-refractivity contribution in [2.75, 3.05) is 13.7 Å². The highest BCUT2D eigenvalue weighted by molar-refractivity contribution is 5.69. The summed E-state index contributed by atoms with van der Waals surface area (Å²) in [7, 11) is 1.54. The molecule has 0 amide bonds. The maximum Gasteiger partial charge on any atom is 0.308 e. The molecule has 0 aromatic heterocycles. The minimum absolute atomic E-state index is 0.0432. The fourth-order valence-corrected chi connectivity index (χ4v) is 5.09. The highest BCUT2D eigenvalue weighted by atomic mass is 16.9. The number of fused-ring (bicyclic) bond motifs is 1. The fraction of sp³-hybridized carbons (Fsp3) is 0.783. The molecule has 1 heterocycles. The molecule has 6 nitrogen and oxygen atoms in total. The smallest absolute Gasteiger partial charge is 0.308 e. The summed E-state index contributed by atoms with van der Waals surface area (Å²) in [5.41, 5.74) is 1.28. The summed E-state index contributed by atoms with van der Waals surface area (Å²) in [4.78, 5) is 11.9. The van der Waals surface area contributed by atoms with Gasteiger partial charge in [-0.2, -0.15) is 0 Å². The Morgan fingerprint density at radius 1 is 1.21 bits per heavy atom. The van der Waals surface area contributed by atoms with Gasteiger partial charge in [0, 0.05) is 19.4 Å². The zero-order valence-corrected chi connectivity index (χ0v) is 18.1. The topological polar surface area (TPSA) is 74.2 Å². The number of ether oxygens (including phenoxy) is 4. The van der Waals surface area contributed by atoms with Crippen molar-refractivity contribution in [3.63, 3.8) is 0 Å². The Kier molecular flexibility index (Phi) is 7.91. The second kappa shape index (κ2) is 10.2. The highest BCUT2D eigenvalue weighted by Gasteiger charge is 2.39. The van der Waals surface area contributed by atoms with E-state index < -0.39 is 6.48 Å². The molecule has 0 bridgehead atoms. The van der Waals surface area contributed by atoms with Crippen LogP contribution in [-0.2, 0) is 23.7 Å².